The second kappa shape index (κ2) is 8.57. The van der Waals surface area contributed by atoms with Crippen LogP contribution < -0.4 is 5.32 Å². The molecule has 2 saturated heterocycles. The standard InChI is InChI=1S/C19H29N3O2S.ClH/c23-25(24,19-5-4-17-2-1-3-18(17)14-19)22-12-10-21(11-13-22)15-16-6-8-20-9-7-16;/h4-5,14,16,20H,1-3,6-13,15H2;1H. The number of piperazine rings is 1. The van der Waals surface area contributed by atoms with E-state index < -0.39 is 10.0 Å². The average Bonchev–Trinajstić information content (AvgIpc) is 3.11. The largest absolute Gasteiger partial charge is 0.317 e. The zero-order valence-corrected chi connectivity index (χ0v) is 17.0. The average molecular weight is 400 g/mol. The molecule has 0 saturated carbocycles. The molecule has 0 radical (unpaired) electrons. The third kappa shape index (κ3) is 4.25. The van der Waals surface area contributed by atoms with E-state index in [2.05, 4.69) is 10.2 Å². The first kappa shape index (κ1) is 20.1. The summed E-state index contributed by atoms with van der Waals surface area (Å²) in [5.41, 5.74) is 2.55. The number of rotatable bonds is 4. The van der Waals surface area contributed by atoms with Crippen LogP contribution >= 0.6 is 12.4 Å². The highest BCUT2D eigenvalue weighted by atomic mass is 35.5. The summed E-state index contributed by atoms with van der Waals surface area (Å²) in [6.07, 6.45) is 5.74. The summed E-state index contributed by atoms with van der Waals surface area (Å²) in [7, 11) is -3.34. The van der Waals surface area contributed by atoms with Gasteiger partial charge in [-0.15, -0.1) is 12.4 Å². The minimum atomic E-state index is -3.34. The number of hydrogen-bond donors (Lipinski definition) is 1. The first-order chi connectivity index (χ1) is 12.1. The molecule has 2 fully saturated rings. The molecule has 1 aromatic carbocycles. The summed E-state index contributed by atoms with van der Waals surface area (Å²) in [5.74, 6) is 0.765. The fraction of sp³-hybridized carbons (Fsp3) is 0.684. The van der Waals surface area contributed by atoms with Crippen molar-refractivity contribution in [3.05, 3.63) is 29.3 Å². The molecule has 7 heteroatoms. The Kier molecular flexibility index (Phi) is 6.62. The molecule has 0 unspecified atom stereocenters. The van der Waals surface area contributed by atoms with Crippen molar-refractivity contribution < 1.29 is 8.42 Å². The smallest absolute Gasteiger partial charge is 0.243 e. The fourth-order valence-corrected chi connectivity index (χ4v) is 5.91. The predicted molar refractivity (Wildman–Crippen MR) is 107 cm³/mol. The van der Waals surface area contributed by atoms with Crippen LogP contribution in [0.1, 0.15) is 30.4 Å². The van der Waals surface area contributed by atoms with Gasteiger partial charge in [0.1, 0.15) is 0 Å². The molecule has 2 heterocycles. The Morgan fingerprint density at radius 2 is 1.69 bits per heavy atom. The maximum absolute atomic E-state index is 13.0. The van der Waals surface area contributed by atoms with Crippen LogP contribution in [0.2, 0.25) is 0 Å². The van der Waals surface area contributed by atoms with Gasteiger partial charge in [-0.3, -0.25) is 0 Å². The third-order valence-corrected chi connectivity index (χ3v) is 7.91. The summed E-state index contributed by atoms with van der Waals surface area (Å²) in [4.78, 5) is 2.94. The van der Waals surface area contributed by atoms with E-state index in [1.807, 2.05) is 12.1 Å². The lowest BCUT2D eigenvalue weighted by Crippen LogP contribution is -2.50. The highest BCUT2D eigenvalue weighted by molar-refractivity contribution is 7.89. The molecule has 2 aliphatic heterocycles. The number of fused-ring (bicyclic) bond motifs is 1. The minimum Gasteiger partial charge on any atom is -0.317 e. The van der Waals surface area contributed by atoms with Crippen molar-refractivity contribution in [3.8, 4) is 0 Å². The van der Waals surface area contributed by atoms with E-state index in [0.29, 0.717) is 18.0 Å². The van der Waals surface area contributed by atoms with Gasteiger partial charge in [-0.25, -0.2) is 8.42 Å². The summed E-state index contributed by atoms with van der Waals surface area (Å²) in [5, 5.41) is 3.41. The van der Waals surface area contributed by atoms with Crippen LogP contribution in [0.25, 0.3) is 0 Å². The minimum absolute atomic E-state index is 0. The first-order valence-electron chi connectivity index (χ1n) is 9.68. The molecular formula is C19H30ClN3O2S. The normalized spacial score (nSPS) is 22.8. The number of nitrogens with one attached hydrogen (secondary N) is 1. The lowest BCUT2D eigenvalue weighted by atomic mass is 9.97. The van der Waals surface area contributed by atoms with E-state index in [-0.39, 0.29) is 12.4 Å². The van der Waals surface area contributed by atoms with E-state index in [4.69, 9.17) is 0 Å². The van der Waals surface area contributed by atoms with Crippen LogP contribution in [0.5, 0.6) is 0 Å². The van der Waals surface area contributed by atoms with Gasteiger partial charge in [0, 0.05) is 32.7 Å². The lowest BCUT2D eigenvalue weighted by molar-refractivity contribution is 0.152. The van der Waals surface area contributed by atoms with Crippen LogP contribution in [-0.2, 0) is 22.9 Å². The van der Waals surface area contributed by atoms with Crippen LogP contribution in [0.3, 0.4) is 0 Å². The van der Waals surface area contributed by atoms with Crippen molar-refractivity contribution in [3.63, 3.8) is 0 Å². The highest BCUT2D eigenvalue weighted by Gasteiger charge is 2.30. The number of nitrogens with zero attached hydrogens (tertiary/aromatic N) is 2. The van der Waals surface area contributed by atoms with E-state index in [0.717, 1.165) is 57.9 Å². The summed E-state index contributed by atoms with van der Waals surface area (Å²) in [6.45, 7) is 6.31. The molecule has 0 amide bonds. The first-order valence-corrected chi connectivity index (χ1v) is 11.1. The zero-order chi connectivity index (χ0) is 17.3. The van der Waals surface area contributed by atoms with Gasteiger partial charge in [-0.05, 0) is 74.4 Å². The van der Waals surface area contributed by atoms with Crippen LogP contribution in [0.4, 0.5) is 0 Å². The summed E-state index contributed by atoms with van der Waals surface area (Å²) < 4.78 is 27.6. The Morgan fingerprint density at radius 1 is 1.00 bits per heavy atom. The van der Waals surface area contributed by atoms with Crippen LogP contribution in [0, 0.1) is 5.92 Å². The SMILES string of the molecule is Cl.O=S(=O)(c1ccc2c(c1)CCC2)N1CCN(CC2CCNCC2)CC1. The van der Waals surface area contributed by atoms with Crippen LogP contribution in [0.15, 0.2) is 23.1 Å². The van der Waals surface area contributed by atoms with E-state index in [1.165, 1.54) is 24.0 Å². The van der Waals surface area contributed by atoms with Gasteiger partial charge in [0.15, 0.2) is 0 Å². The van der Waals surface area contributed by atoms with Gasteiger partial charge in [-0.1, -0.05) is 6.07 Å². The van der Waals surface area contributed by atoms with Gasteiger partial charge < -0.3 is 10.2 Å². The number of piperidine rings is 1. The summed E-state index contributed by atoms with van der Waals surface area (Å²) >= 11 is 0. The Balaban J connectivity index is 0.00000196. The molecular weight excluding hydrogens is 370 g/mol. The van der Waals surface area contributed by atoms with E-state index >= 15 is 0 Å². The molecule has 5 nitrogen and oxygen atoms in total. The Bertz CT molecular complexity index is 711. The second-order valence-electron chi connectivity index (χ2n) is 7.68. The van der Waals surface area contributed by atoms with Gasteiger partial charge >= 0.3 is 0 Å². The molecule has 1 N–H and O–H groups in total. The van der Waals surface area contributed by atoms with Crippen LogP contribution in [-0.4, -0.2) is 63.4 Å². The maximum Gasteiger partial charge on any atom is 0.243 e. The van der Waals surface area contributed by atoms with Crippen molar-refractivity contribution in [2.24, 2.45) is 5.92 Å². The number of hydrogen-bond acceptors (Lipinski definition) is 4. The fourth-order valence-electron chi connectivity index (χ4n) is 4.44. The molecule has 146 valence electrons. The monoisotopic (exact) mass is 399 g/mol. The van der Waals surface area contributed by atoms with Gasteiger partial charge in [0.25, 0.3) is 0 Å². The van der Waals surface area contributed by atoms with Crippen molar-refractivity contribution in [1.29, 1.82) is 0 Å². The Hall–Kier alpha value is -0.660. The van der Waals surface area contributed by atoms with Crippen molar-refractivity contribution in [2.45, 2.75) is 37.0 Å². The maximum atomic E-state index is 13.0. The van der Waals surface area contributed by atoms with E-state index in [1.54, 1.807) is 10.4 Å². The van der Waals surface area contributed by atoms with Crippen molar-refractivity contribution >= 4 is 22.4 Å². The second-order valence-corrected chi connectivity index (χ2v) is 9.62. The topological polar surface area (TPSA) is 52.7 Å². The molecule has 1 aromatic rings. The van der Waals surface area contributed by atoms with Gasteiger partial charge in [0.05, 0.1) is 4.90 Å². The lowest BCUT2D eigenvalue weighted by Gasteiger charge is -2.36. The molecule has 0 atom stereocenters. The molecule has 3 aliphatic rings. The molecule has 26 heavy (non-hydrogen) atoms. The molecule has 1 aliphatic carbocycles. The Morgan fingerprint density at radius 3 is 2.42 bits per heavy atom. The quantitative estimate of drug-likeness (QED) is 0.840. The van der Waals surface area contributed by atoms with Crippen molar-refractivity contribution in [2.75, 3.05) is 45.8 Å². The molecule has 0 aromatic heterocycles. The van der Waals surface area contributed by atoms with E-state index in [9.17, 15) is 8.42 Å². The zero-order valence-electron chi connectivity index (χ0n) is 15.3. The molecule has 4 rings (SSSR count). The highest BCUT2D eigenvalue weighted by Crippen LogP contribution is 2.27. The Labute approximate surface area is 163 Å². The van der Waals surface area contributed by atoms with Gasteiger partial charge in [-0.2, -0.15) is 4.31 Å². The number of sulfonamides is 1. The van der Waals surface area contributed by atoms with Crippen molar-refractivity contribution in [1.82, 2.24) is 14.5 Å². The molecule has 0 bridgehead atoms. The third-order valence-electron chi connectivity index (χ3n) is 6.01. The molecule has 0 spiro atoms. The number of benzene rings is 1. The predicted octanol–water partition coefficient (Wildman–Crippen LogP) is 1.90. The number of aryl methyl sites for hydroxylation is 2. The number of halogens is 1. The summed E-state index contributed by atoms with van der Waals surface area (Å²) in [6, 6.07) is 5.74. The van der Waals surface area contributed by atoms with Gasteiger partial charge in [0.2, 0.25) is 10.0 Å².